The molecule has 130 valence electrons. The van der Waals surface area contributed by atoms with E-state index in [9.17, 15) is 0 Å². The Morgan fingerprint density at radius 1 is 0.870 bits per heavy atom. The van der Waals surface area contributed by atoms with E-state index in [1.807, 2.05) is 0 Å². The van der Waals surface area contributed by atoms with Crippen molar-refractivity contribution in [1.82, 2.24) is 19.6 Å². The number of hydrogen-bond donors (Lipinski definition) is 0. The van der Waals surface area contributed by atoms with E-state index >= 15 is 0 Å². The molecular formula is C15H26N4O2S2. The highest BCUT2D eigenvalue weighted by Gasteiger charge is 2.46. The quantitative estimate of drug-likeness (QED) is 0.675. The zero-order valence-corrected chi connectivity index (χ0v) is 15.6. The van der Waals surface area contributed by atoms with E-state index < -0.39 is 0 Å². The molecule has 0 aromatic rings. The third-order valence-corrected chi connectivity index (χ3v) is 5.96. The molecule has 0 bridgehead atoms. The third kappa shape index (κ3) is 3.67. The van der Waals surface area contributed by atoms with Crippen LogP contribution in [0.25, 0.3) is 0 Å². The van der Waals surface area contributed by atoms with Crippen LogP contribution in [0.5, 0.6) is 0 Å². The molecule has 0 atom stereocenters. The minimum atomic E-state index is -0.225. The van der Waals surface area contributed by atoms with Crippen molar-refractivity contribution in [2.75, 3.05) is 65.9 Å². The Morgan fingerprint density at radius 3 is 1.87 bits per heavy atom. The molecule has 0 N–H and O–H groups in total. The maximum atomic E-state index is 5.77. The van der Waals surface area contributed by atoms with Gasteiger partial charge in [0.1, 0.15) is 4.99 Å². The van der Waals surface area contributed by atoms with Gasteiger partial charge in [0.05, 0.1) is 45.3 Å². The lowest BCUT2D eigenvalue weighted by Gasteiger charge is -2.37. The van der Waals surface area contributed by atoms with E-state index in [0.29, 0.717) is 0 Å². The second-order valence-electron chi connectivity index (χ2n) is 6.75. The van der Waals surface area contributed by atoms with Crippen molar-refractivity contribution in [2.24, 2.45) is 0 Å². The molecule has 0 spiro atoms. The van der Waals surface area contributed by atoms with Crippen molar-refractivity contribution in [2.45, 2.75) is 19.4 Å². The Hall–Kier alpha value is -0.380. The molecule has 8 heteroatoms. The first kappa shape index (κ1) is 17.4. The summed E-state index contributed by atoms with van der Waals surface area (Å²) in [6.07, 6.45) is 0. The molecule has 0 amide bonds. The van der Waals surface area contributed by atoms with Gasteiger partial charge in [-0.2, -0.15) is 0 Å². The van der Waals surface area contributed by atoms with Gasteiger partial charge in [0.15, 0.2) is 5.11 Å². The van der Waals surface area contributed by atoms with Crippen LogP contribution in [-0.2, 0) is 9.47 Å². The lowest BCUT2D eigenvalue weighted by Crippen LogP contribution is -2.51. The van der Waals surface area contributed by atoms with Crippen molar-refractivity contribution in [1.29, 1.82) is 0 Å². The van der Waals surface area contributed by atoms with Gasteiger partial charge in [0.25, 0.3) is 0 Å². The fraction of sp³-hybridized carbons (Fsp3) is 0.867. The molecule has 3 aliphatic rings. The standard InChI is InChI=1S/C15H26N4O2S2/c1-15(2)13(22)18(11-16-3-7-20-8-4-16)14(23)19(15)12-17-5-9-21-10-6-17/h3-12H2,1-2H3. The summed E-state index contributed by atoms with van der Waals surface area (Å²) in [5.74, 6) is 0. The zero-order chi connectivity index (χ0) is 16.4. The van der Waals surface area contributed by atoms with Gasteiger partial charge in [-0.1, -0.05) is 12.2 Å². The van der Waals surface area contributed by atoms with Crippen molar-refractivity contribution in [3.63, 3.8) is 0 Å². The van der Waals surface area contributed by atoms with Gasteiger partial charge in [-0.15, -0.1) is 0 Å². The van der Waals surface area contributed by atoms with Crippen molar-refractivity contribution in [3.8, 4) is 0 Å². The topological polar surface area (TPSA) is 31.4 Å². The second-order valence-corrected chi connectivity index (χ2v) is 7.50. The van der Waals surface area contributed by atoms with Crippen LogP contribution >= 0.6 is 24.4 Å². The van der Waals surface area contributed by atoms with Gasteiger partial charge in [-0.05, 0) is 26.1 Å². The van der Waals surface area contributed by atoms with Crippen LogP contribution in [0.15, 0.2) is 0 Å². The van der Waals surface area contributed by atoms with E-state index in [1.54, 1.807) is 0 Å². The highest BCUT2D eigenvalue weighted by Crippen LogP contribution is 2.29. The predicted octanol–water partition coefficient (Wildman–Crippen LogP) is 0.574. The Morgan fingerprint density at radius 2 is 1.35 bits per heavy atom. The molecule has 6 nitrogen and oxygen atoms in total. The molecule has 3 saturated heterocycles. The first-order valence-corrected chi connectivity index (χ1v) is 9.05. The molecule has 3 fully saturated rings. The van der Waals surface area contributed by atoms with E-state index in [0.717, 1.165) is 76.0 Å². The molecule has 3 aliphatic heterocycles. The van der Waals surface area contributed by atoms with Gasteiger partial charge in [-0.3, -0.25) is 14.7 Å². The normalized spacial score (nSPS) is 27.0. The number of rotatable bonds is 4. The molecule has 0 aromatic carbocycles. The highest BCUT2D eigenvalue weighted by atomic mass is 32.1. The zero-order valence-electron chi connectivity index (χ0n) is 14.0. The van der Waals surface area contributed by atoms with Gasteiger partial charge in [-0.25, -0.2) is 0 Å². The molecule has 0 radical (unpaired) electrons. The number of ether oxygens (including phenoxy) is 2. The first-order valence-electron chi connectivity index (χ1n) is 8.24. The molecule has 3 rings (SSSR count). The molecule has 0 aliphatic carbocycles. The summed E-state index contributed by atoms with van der Waals surface area (Å²) in [4.78, 5) is 10.0. The summed E-state index contributed by atoms with van der Waals surface area (Å²) < 4.78 is 10.9. The monoisotopic (exact) mass is 358 g/mol. The summed E-state index contributed by atoms with van der Waals surface area (Å²) in [6.45, 7) is 12.9. The second kappa shape index (κ2) is 7.25. The van der Waals surface area contributed by atoms with Crippen LogP contribution in [-0.4, -0.2) is 101 Å². The minimum absolute atomic E-state index is 0.225. The minimum Gasteiger partial charge on any atom is -0.379 e. The molecule has 0 aromatic heterocycles. The summed E-state index contributed by atoms with van der Waals surface area (Å²) in [5.41, 5.74) is -0.225. The number of nitrogens with zero attached hydrogens (tertiary/aromatic N) is 4. The fourth-order valence-corrected chi connectivity index (χ4v) is 3.91. The summed E-state index contributed by atoms with van der Waals surface area (Å²) in [6, 6.07) is 0. The molecule has 3 heterocycles. The average Bonchev–Trinajstić information content (AvgIpc) is 2.72. The predicted molar refractivity (Wildman–Crippen MR) is 97.5 cm³/mol. The molecule has 23 heavy (non-hydrogen) atoms. The smallest absolute Gasteiger partial charge is 0.179 e. The summed E-state index contributed by atoms with van der Waals surface area (Å²) >= 11 is 11.5. The van der Waals surface area contributed by atoms with Gasteiger partial charge >= 0.3 is 0 Å². The maximum absolute atomic E-state index is 5.77. The Labute approximate surface area is 149 Å². The van der Waals surface area contributed by atoms with Gasteiger partial charge < -0.3 is 14.4 Å². The van der Waals surface area contributed by atoms with Gasteiger partial charge in [0.2, 0.25) is 0 Å². The van der Waals surface area contributed by atoms with Crippen LogP contribution in [0, 0.1) is 0 Å². The third-order valence-electron chi connectivity index (χ3n) is 4.80. The SMILES string of the molecule is CC1(C)C(=S)N(CN2CCOCC2)C(=S)N1CN1CCOCC1. The van der Waals surface area contributed by atoms with E-state index in [-0.39, 0.29) is 5.54 Å². The largest absolute Gasteiger partial charge is 0.379 e. The van der Waals surface area contributed by atoms with Gasteiger partial charge in [0, 0.05) is 26.2 Å². The van der Waals surface area contributed by atoms with E-state index in [2.05, 4.69) is 33.4 Å². The number of hydrogen-bond acceptors (Lipinski definition) is 6. The van der Waals surface area contributed by atoms with Crippen LogP contribution in [0.4, 0.5) is 0 Å². The maximum Gasteiger partial charge on any atom is 0.179 e. The number of morpholine rings is 2. The van der Waals surface area contributed by atoms with Crippen molar-refractivity contribution < 1.29 is 9.47 Å². The Kier molecular flexibility index (Phi) is 5.49. The van der Waals surface area contributed by atoms with E-state index in [1.165, 1.54) is 0 Å². The summed E-state index contributed by atoms with van der Waals surface area (Å²) in [7, 11) is 0. The Bertz CT molecular complexity index is 462. The van der Waals surface area contributed by atoms with Crippen LogP contribution in [0.1, 0.15) is 13.8 Å². The Balaban J connectivity index is 1.67. The van der Waals surface area contributed by atoms with Crippen LogP contribution in [0.2, 0.25) is 0 Å². The first-order chi connectivity index (χ1) is 11.0. The average molecular weight is 359 g/mol. The highest BCUT2D eigenvalue weighted by molar-refractivity contribution is 7.82. The molecule has 0 unspecified atom stereocenters. The van der Waals surface area contributed by atoms with Crippen LogP contribution in [0.3, 0.4) is 0 Å². The van der Waals surface area contributed by atoms with Crippen molar-refractivity contribution >= 4 is 34.5 Å². The van der Waals surface area contributed by atoms with Crippen molar-refractivity contribution in [3.05, 3.63) is 0 Å². The van der Waals surface area contributed by atoms with Crippen LogP contribution < -0.4 is 0 Å². The molecular weight excluding hydrogens is 332 g/mol. The summed E-state index contributed by atoms with van der Waals surface area (Å²) in [5, 5.41) is 0.845. The number of thiocarbonyl (C=S) groups is 2. The lowest BCUT2D eigenvalue weighted by molar-refractivity contribution is 0.0149. The fourth-order valence-electron chi connectivity index (χ4n) is 3.16. The molecule has 0 saturated carbocycles. The lowest BCUT2D eigenvalue weighted by atomic mass is 10.1. The van der Waals surface area contributed by atoms with E-state index in [4.69, 9.17) is 33.9 Å².